The van der Waals surface area contributed by atoms with E-state index in [1.54, 1.807) is 6.20 Å². The van der Waals surface area contributed by atoms with E-state index >= 15 is 0 Å². The Morgan fingerprint density at radius 3 is 3.06 bits per heavy atom. The number of anilines is 1. The molecule has 0 spiro atoms. The van der Waals surface area contributed by atoms with Gasteiger partial charge < -0.3 is 10.1 Å². The molecule has 1 aliphatic carbocycles. The standard InChI is InChI=1S/C12H16N2O2/c1-16-12(15)11-10(6-3-7-13-11)14-8-9-4-2-5-9/h3,6-7,9,14H,2,4-5,8H2,1H3. The van der Waals surface area contributed by atoms with E-state index in [4.69, 9.17) is 0 Å². The fourth-order valence-electron chi connectivity index (χ4n) is 1.76. The molecule has 1 saturated carbocycles. The van der Waals surface area contributed by atoms with Gasteiger partial charge in [0, 0.05) is 12.7 Å². The summed E-state index contributed by atoms with van der Waals surface area (Å²) in [6.45, 7) is 0.912. The molecule has 1 aromatic heterocycles. The summed E-state index contributed by atoms with van der Waals surface area (Å²) in [5, 5.41) is 3.27. The molecule has 0 atom stereocenters. The lowest BCUT2D eigenvalue weighted by atomic mass is 9.85. The Morgan fingerprint density at radius 1 is 1.62 bits per heavy atom. The molecule has 1 N–H and O–H groups in total. The number of carbonyl (C=O) groups is 1. The second kappa shape index (κ2) is 4.96. The molecule has 0 amide bonds. The second-order valence-electron chi connectivity index (χ2n) is 4.07. The molecule has 1 aliphatic rings. The minimum Gasteiger partial charge on any atom is -0.464 e. The Kier molecular flexibility index (Phi) is 3.39. The van der Waals surface area contributed by atoms with E-state index in [0.717, 1.165) is 18.2 Å². The summed E-state index contributed by atoms with van der Waals surface area (Å²) in [4.78, 5) is 15.5. The minimum absolute atomic E-state index is 0.365. The fourth-order valence-corrected chi connectivity index (χ4v) is 1.76. The number of aromatic nitrogens is 1. The van der Waals surface area contributed by atoms with Gasteiger partial charge in [0.2, 0.25) is 0 Å². The zero-order valence-corrected chi connectivity index (χ0v) is 9.40. The van der Waals surface area contributed by atoms with Gasteiger partial charge in [-0.2, -0.15) is 0 Å². The van der Waals surface area contributed by atoms with Crippen molar-refractivity contribution in [2.45, 2.75) is 19.3 Å². The maximum absolute atomic E-state index is 11.4. The Hall–Kier alpha value is -1.58. The third-order valence-corrected chi connectivity index (χ3v) is 2.99. The summed E-state index contributed by atoms with van der Waals surface area (Å²) in [5.41, 5.74) is 1.13. The van der Waals surface area contributed by atoms with Crippen molar-refractivity contribution in [3.63, 3.8) is 0 Å². The third-order valence-electron chi connectivity index (χ3n) is 2.99. The number of pyridine rings is 1. The van der Waals surface area contributed by atoms with Crippen LogP contribution in [0.25, 0.3) is 0 Å². The summed E-state index contributed by atoms with van der Waals surface area (Å²) >= 11 is 0. The number of rotatable bonds is 4. The summed E-state index contributed by atoms with van der Waals surface area (Å²) in [5.74, 6) is 0.349. The third kappa shape index (κ3) is 2.32. The molecular formula is C12H16N2O2. The zero-order valence-electron chi connectivity index (χ0n) is 9.40. The van der Waals surface area contributed by atoms with Crippen LogP contribution >= 0.6 is 0 Å². The van der Waals surface area contributed by atoms with Crippen LogP contribution in [-0.4, -0.2) is 24.6 Å². The average molecular weight is 220 g/mol. The molecule has 1 fully saturated rings. The molecule has 0 bridgehead atoms. The molecule has 0 aromatic carbocycles. The van der Waals surface area contributed by atoms with Crippen molar-refractivity contribution < 1.29 is 9.53 Å². The normalized spacial score (nSPS) is 15.3. The molecule has 16 heavy (non-hydrogen) atoms. The van der Waals surface area contributed by atoms with E-state index in [1.165, 1.54) is 26.4 Å². The predicted octanol–water partition coefficient (Wildman–Crippen LogP) is 2.08. The summed E-state index contributed by atoms with van der Waals surface area (Å²) in [6.07, 6.45) is 5.48. The molecule has 0 aliphatic heterocycles. The van der Waals surface area contributed by atoms with E-state index in [9.17, 15) is 4.79 Å². The number of esters is 1. The van der Waals surface area contributed by atoms with Gasteiger partial charge >= 0.3 is 5.97 Å². The largest absolute Gasteiger partial charge is 0.464 e. The first-order valence-electron chi connectivity index (χ1n) is 5.58. The van der Waals surface area contributed by atoms with Gasteiger partial charge in [0.05, 0.1) is 12.8 Å². The Morgan fingerprint density at radius 2 is 2.44 bits per heavy atom. The van der Waals surface area contributed by atoms with Gasteiger partial charge in [0.25, 0.3) is 0 Å². The number of hydrogen-bond donors (Lipinski definition) is 1. The van der Waals surface area contributed by atoms with Crippen LogP contribution in [0, 0.1) is 5.92 Å². The van der Waals surface area contributed by atoms with E-state index in [-0.39, 0.29) is 0 Å². The molecule has 4 nitrogen and oxygen atoms in total. The lowest BCUT2D eigenvalue weighted by Gasteiger charge is -2.26. The van der Waals surface area contributed by atoms with Crippen LogP contribution in [0.3, 0.4) is 0 Å². The molecule has 0 radical (unpaired) electrons. The number of ether oxygens (including phenoxy) is 1. The zero-order chi connectivity index (χ0) is 11.4. The molecular weight excluding hydrogens is 204 g/mol. The van der Waals surface area contributed by atoms with E-state index < -0.39 is 5.97 Å². The molecule has 4 heteroatoms. The first-order chi connectivity index (χ1) is 7.81. The molecule has 2 rings (SSSR count). The van der Waals surface area contributed by atoms with E-state index in [1.807, 2.05) is 12.1 Å². The number of carbonyl (C=O) groups excluding carboxylic acids is 1. The molecule has 0 unspecified atom stereocenters. The summed E-state index contributed by atoms with van der Waals surface area (Å²) in [7, 11) is 1.37. The van der Waals surface area contributed by atoms with Crippen molar-refractivity contribution in [2.75, 3.05) is 19.0 Å². The Balaban J connectivity index is 2.03. The van der Waals surface area contributed by atoms with Crippen LogP contribution in [0.2, 0.25) is 0 Å². The van der Waals surface area contributed by atoms with Crippen LogP contribution in [-0.2, 0) is 4.74 Å². The minimum atomic E-state index is -0.392. The van der Waals surface area contributed by atoms with E-state index in [0.29, 0.717) is 5.69 Å². The molecule has 1 heterocycles. The number of nitrogens with zero attached hydrogens (tertiary/aromatic N) is 1. The average Bonchev–Trinajstić information content (AvgIpc) is 2.26. The first kappa shape index (κ1) is 10.9. The van der Waals surface area contributed by atoms with Crippen molar-refractivity contribution in [3.8, 4) is 0 Å². The molecule has 86 valence electrons. The highest BCUT2D eigenvalue weighted by Crippen LogP contribution is 2.26. The van der Waals surface area contributed by atoms with Crippen molar-refractivity contribution in [2.24, 2.45) is 5.92 Å². The van der Waals surface area contributed by atoms with Gasteiger partial charge in [-0.05, 0) is 30.9 Å². The number of nitrogens with one attached hydrogen (secondary N) is 1. The topological polar surface area (TPSA) is 51.2 Å². The van der Waals surface area contributed by atoms with Crippen molar-refractivity contribution >= 4 is 11.7 Å². The van der Waals surface area contributed by atoms with Gasteiger partial charge in [-0.1, -0.05) is 6.42 Å². The van der Waals surface area contributed by atoms with Crippen molar-refractivity contribution in [1.82, 2.24) is 4.98 Å². The van der Waals surface area contributed by atoms with Crippen LogP contribution in [0.4, 0.5) is 5.69 Å². The molecule has 0 saturated heterocycles. The second-order valence-corrected chi connectivity index (χ2v) is 4.07. The van der Waals surface area contributed by atoms with Gasteiger partial charge in [-0.3, -0.25) is 0 Å². The highest BCUT2D eigenvalue weighted by atomic mass is 16.5. The monoisotopic (exact) mass is 220 g/mol. The van der Waals surface area contributed by atoms with Crippen LogP contribution in [0.1, 0.15) is 29.8 Å². The van der Waals surface area contributed by atoms with Gasteiger partial charge in [0.15, 0.2) is 5.69 Å². The lowest BCUT2D eigenvalue weighted by Crippen LogP contribution is -2.22. The summed E-state index contributed by atoms with van der Waals surface area (Å²) in [6, 6.07) is 3.67. The van der Waals surface area contributed by atoms with Gasteiger partial charge in [0.1, 0.15) is 0 Å². The fraction of sp³-hybridized carbons (Fsp3) is 0.500. The Bertz CT molecular complexity index is 375. The van der Waals surface area contributed by atoms with Crippen LogP contribution in [0.5, 0.6) is 0 Å². The maximum atomic E-state index is 11.4. The Labute approximate surface area is 95.0 Å². The van der Waals surface area contributed by atoms with Crippen molar-refractivity contribution in [3.05, 3.63) is 24.0 Å². The van der Waals surface area contributed by atoms with Gasteiger partial charge in [-0.15, -0.1) is 0 Å². The van der Waals surface area contributed by atoms with Crippen LogP contribution < -0.4 is 5.32 Å². The lowest BCUT2D eigenvalue weighted by molar-refractivity contribution is 0.0595. The van der Waals surface area contributed by atoms with Gasteiger partial charge in [-0.25, -0.2) is 9.78 Å². The predicted molar refractivity (Wildman–Crippen MR) is 61.4 cm³/mol. The van der Waals surface area contributed by atoms with Crippen molar-refractivity contribution in [1.29, 1.82) is 0 Å². The smallest absolute Gasteiger partial charge is 0.358 e. The molecule has 1 aromatic rings. The number of hydrogen-bond acceptors (Lipinski definition) is 4. The van der Waals surface area contributed by atoms with Crippen LogP contribution in [0.15, 0.2) is 18.3 Å². The number of methoxy groups -OCH3 is 1. The highest BCUT2D eigenvalue weighted by molar-refractivity contribution is 5.93. The maximum Gasteiger partial charge on any atom is 0.358 e. The first-order valence-corrected chi connectivity index (χ1v) is 5.58. The highest BCUT2D eigenvalue weighted by Gasteiger charge is 2.18. The van der Waals surface area contributed by atoms with E-state index in [2.05, 4.69) is 15.0 Å². The SMILES string of the molecule is COC(=O)c1ncccc1NCC1CCC1. The quantitative estimate of drug-likeness (QED) is 0.789. The summed E-state index contributed by atoms with van der Waals surface area (Å²) < 4.78 is 4.68.